The average molecular weight is 329 g/mol. The number of halogens is 1. The number of likely N-dealkylation sites (N-methyl/N-ethyl adjacent to an activating group) is 1. The molecular formula is C14H20FN3O3S. The molecule has 8 heteroatoms. The van der Waals surface area contributed by atoms with E-state index in [-0.39, 0.29) is 18.4 Å². The molecule has 0 spiro atoms. The second kappa shape index (κ2) is 6.31. The van der Waals surface area contributed by atoms with Gasteiger partial charge in [-0.05, 0) is 38.0 Å². The van der Waals surface area contributed by atoms with Gasteiger partial charge in [0.25, 0.3) is 10.2 Å². The van der Waals surface area contributed by atoms with Gasteiger partial charge in [-0.15, -0.1) is 0 Å². The Kier molecular flexibility index (Phi) is 4.84. The summed E-state index contributed by atoms with van der Waals surface area (Å²) in [5, 5.41) is 2.73. The van der Waals surface area contributed by atoms with Crippen LogP contribution in [0.3, 0.4) is 0 Å². The molecule has 0 saturated carbocycles. The topological polar surface area (TPSA) is 78.5 Å². The number of amides is 1. The Hall–Kier alpha value is -1.51. The average Bonchev–Trinajstić information content (AvgIpc) is 2.41. The van der Waals surface area contributed by atoms with E-state index in [0.29, 0.717) is 5.56 Å². The molecule has 1 aliphatic heterocycles. The van der Waals surface area contributed by atoms with E-state index in [9.17, 15) is 17.6 Å². The zero-order valence-electron chi connectivity index (χ0n) is 12.7. The van der Waals surface area contributed by atoms with Crippen LogP contribution < -0.4 is 10.0 Å². The normalized spacial score (nSPS) is 25.1. The van der Waals surface area contributed by atoms with E-state index in [1.807, 2.05) is 13.8 Å². The van der Waals surface area contributed by atoms with Crippen LogP contribution in [-0.4, -0.2) is 37.8 Å². The van der Waals surface area contributed by atoms with Crippen molar-refractivity contribution in [1.82, 2.24) is 14.3 Å². The molecule has 1 fully saturated rings. The van der Waals surface area contributed by atoms with Gasteiger partial charge in [0.1, 0.15) is 11.9 Å². The van der Waals surface area contributed by atoms with Crippen molar-refractivity contribution in [3.05, 3.63) is 35.6 Å². The number of hydrogen-bond donors (Lipinski definition) is 2. The summed E-state index contributed by atoms with van der Waals surface area (Å²) in [5.41, 5.74) is 0.625. The summed E-state index contributed by atoms with van der Waals surface area (Å²) < 4.78 is 40.9. The minimum Gasteiger partial charge on any atom is -0.353 e. The van der Waals surface area contributed by atoms with E-state index in [4.69, 9.17) is 0 Å². The minimum absolute atomic E-state index is 0.0808. The van der Waals surface area contributed by atoms with Gasteiger partial charge >= 0.3 is 0 Å². The standard InChI is InChI=1S/C14H20FN3O3S/c1-9(2)16-14(19)13-8-12(17-22(20,21)18(13)3)10-4-6-11(15)7-5-10/h4-7,9,12-13,17H,8H2,1-3H3,(H,16,19)/t12-,13+/m0/s1. The van der Waals surface area contributed by atoms with Gasteiger partial charge in [0, 0.05) is 19.1 Å². The third kappa shape index (κ3) is 3.63. The largest absolute Gasteiger partial charge is 0.353 e. The highest BCUT2D eigenvalue weighted by Gasteiger charge is 2.40. The molecule has 1 aromatic carbocycles. The van der Waals surface area contributed by atoms with Gasteiger partial charge in [0.05, 0.1) is 0 Å². The van der Waals surface area contributed by atoms with E-state index in [2.05, 4.69) is 10.0 Å². The van der Waals surface area contributed by atoms with Crippen LogP contribution in [0.15, 0.2) is 24.3 Å². The predicted molar refractivity (Wildman–Crippen MR) is 80.6 cm³/mol. The number of carbonyl (C=O) groups excluding carboxylic acids is 1. The Balaban J connectivity index is 2.28. The number of nitrogens with one attached hydrogen (secondary N) is 2. The molecule has 1 aliphatic rings. The van der Waals surface area contributed by atoms with Crippen LogP contribution in [0.25, 0.3) is 0 Å². The lowest BCUT2D eigenvalue weighted by atomic mass is 9.99. The fraction of sp³-hybridized carbons (Fsp3) is 0.500. The fourth-order valence-electron chi connectivity index (χ4n) is 2.40. The molecule has 6 nitrogen and oxygen atoms in total. The van der Waals surface area contributed by atoms with Crippen LogP contribution in [0.2, 0.25) is 0 Å². The van der Waals surface area contributed by atoms with Gasteiger partial charge in [0.15, 0.2) is 0 Å². The van der Waals surface area contributed by atoms with Crippen molar-refractivity contribution in [3.63, 3.8) is 0 Å². The number of nitrogens with zero attached hydrogens (tertiary/aromatic N) is 1. The molecule has 2 atom stereocenters. The van der Waals surface area contributed by atoms with E-state index in [1.54, 1.807) is 0 Å². The van der Waals surface area contributed by atoms with Gasteiger partial charge in [-0.2, -0.15) is 17.4 Å². The van der Waals surface area contributed by atoms with E-state index in [1.165, 1.54) is 31.3 Å². The van der Waals surface area contributed by atoms with Crippen LogP contribution in [0, 0.1) is 5.82 Å². The van der Waals surface area contributed by atoms with Crippen LogP contribution in [0.4, 0.5) is 4.39 Å². The molecule has 2 rings (SSSR count). The molecule has 2 N–H and O–H groups in total. The second-order valence-corrected chi connectivity index (χ2v) is 7.42. The summed E-state index contributed by atoms with van der Waals surface area (Å²) in [6.07, 6.45) is 0.278. The third-order valence-electron chi connectivity index (χ3n) is 3.57. The molecule has 0 bridgehead atoms. The summed E-state index contributed by atoms with van der Waals surface area (Å²) in [6.45, 7) is 3.62. The van der Waals surface area contributed by atoms with Gasteiger partial charge in [-0.1, -0.05) is 12.1 Å². The van der Waals surface area contributed by atoms with Crippen LogP contribution >= 0.6 is 0 Å². The van der Waals surface area contributed by atoms with E-state index in [0.717, 1.165) is 4.31 Å². The first-order valence-electron chi connectivity index (χ1n) is 7.02. The van der Waals surface area contributed by atoms with Crippen molar-refractivity contribution < 1.29 is 17.6 Å². The number of hydrogen-bond acceptors (Lipinski definition) is 3. The summed E-state index contributed by atoms with van der Waals surface area (Å²) in [5.74, 6) is -0.733. The monoisotopic (exact) mass is 329 g/mol. The van der Waals surface area contributed by atoms with Crippen molar-refractivity contribution in [1.29, 1.82) is 0 Å². The molecule has 1 saturated heterocycles. The van der Waals surface area contributed by atoms with Crippen LogP contribution in [-0.2, 0) is 15.0 Å². The zero-order valence-corrected chi connectivity index (χ0v) is 13.5. The van der Waals surface area contributed by atoms with Crippen molar-refractivity contribution in [2.24, 2.45) is 0 Å². The molecule has 0 unspecified atom stereocenters. The van der Waals surface area contributed by atoms with Gasteiger partial charge in [0.2, 0.25) is 5.91 Å². The Bertz CT molecular complexity index is 646. The first-order chi connectivity index (χ1) is 10.2. The first-order valence-corrected chi connectivity index (χ1v) is 8.46. The van der Waals surface area contributed by atoms with Crippen molar-refractivity contribution in [2.45, 2.75) is 38.4 Å². The highest BCUT2D eigenvalue weighted by Crippen LogP contribution is 2.27. The molecule has 1 aromatic rings. The Morgan fingerprint density at radius 2 is 1.95 bits per heavy atom. The maximum absolute atomic E-state index is 13.0. The van der Waals surface area contributed by atoms with Gasteiger partial charge in [-0.25, -0.2) is 4.39 Å². The number of carbonyl (C=O) groups is 1. The first kappa shape index (κ1) is 16.9. The van der Waals surface area contributed by atoms with Gasteiger partial charge < -0.3 is 5.32 Å². The van der Waals surface area contributed by atoms with Crippen molar-refractivity contribution in [2.75, 3.05) is 7.05 Å². The lowest BCUT2D eigenvalue weighted by molar-refractivity contribution is -0.125. The fourth-order valence-corrected chi connectivity index (χ4v) is 3.68. The van der Waals surface area contributed by atoms with E-state index < -0.39 is 28.1 Å². The number of benzene rings is 1. The van der Waals surface area contributed by atoms with Crippen molar-refractivity contribution in [3.8, 4) is 0 Å². The molecule has 1 amide bonds. The van der Waals surface area contributed by atoms with Crippen LogP contribution in [0.1, 0.15) is 31.9 Å². The summed E-state index contributed by atoms with van der Waals surface area (Å²) in [6, 6.07) is 4.13. The maximum atomic E-state index is 13.0. The van der Waals surface area contributed by atoms with Crippen LogP contribution in [0.5, 0.6) is 0 Å². The summed E-state index contributed by atoms with van der Waals surface area (Å²) in [4.78, 5) is 12.2. The summed E-state index contributed by atoms with van der Waals surface area (Å²) in [7, 11) is -2.40. The Morgan fingerprint density at radius 1 is 1.36 bits per heavy atom. The lowest BCUT2D eigenvalue weighted by Crippen LogP contribution is -2.57. The minimum atomic E-state index is -3.77. The number of rotatable bonds is 3. The second-order valence-electron chi connectivity index (χ2n) is 5.66. The maximum Gasteiger partial charge on any atom is 0.280 e. The van der Waals surface area contributed by atoms with Gasteiger partial charge in [-0.3, -0.25) is 4.79 Å². The smallest absolute Gasteiger partial charge is 0.280 e. The lowest BCUT2D eigenvalue weighted by Gasteiger charge is -2.36. The Labute approximate surface area is 129 Å². The third-order valence-corrected chi connectivity index (χ3v) is 5.17. The predicted octanol–water partition coefficient (Wildman–Crippen LogP) is 0.930. The summed E-state index contributed by atoms with van der Waals surface area (Å²) >= 11 is 0. The zero-order chi connectivity index (χ0) is 16.5. The molecule has 0 aromatic heterocycles. The highest BCUT2D eigenvalue weighted by atomic mass is 32.2. The van der Waals surface area contributed by atoms with E-state index >= 15 is 0 Å². The molecule has 122 valence electrons. The Morgan fingerprint density at radius 3 is 2.50 bits per heavy atom. The molecule has 1 heterocycles. The quantitative estimate of drug-likeness (QED) is 0.866. The van der Waals surface area contributed by atoms with Crippen molar-refractivity contribution >= 4 is 16.1 Å². The SMILES string of the molecule is CC(C)NC(=O)[C@H]1C[C@@H](c2ccc(F)cc2)NS(=O)(=O)N1C. The molecule has 22 heavy (non-hydrogen) atoms. The highest BCUT2D eigenvalue weighted by molar-refractivity contribution is 7.87. The molecule has 0 radical (unpaired) electrons. The molecule has 0 aliphatic carbocycles. The molecular weight excluding hydrogens is 309 g/mol.